The van der Waals surface area contributed by atoms with Gasteiger partial charge in [0.2, 0.25) is 0 Å². The van der Waals surface area contributed by atoms with Crippen LogP contribution < -0.4 is 9.47 Å². The SMILES string of the molecule is COc1ccc2nnc(Cc3ccccc3OC)n2c1. The summed E-state index contributed by atoms with van der Waals surface area (Å²) in [6.45, 7) is 0. The van der Waals surface area contributed by atoms with Crippen LogP contribution in [0.1, 0.15) is 11.4 Å². The van der Waals surface area contributed by atoms with Crippen molar-refractivity contribution >= 4 is 5.65 Å². The molecule has 0 aliphatic rings. The summed E-state index contributed by atoms with van der Waals surface area (Å²) >= 11 is 0. The van der Waals surface area contributed by atoms with Crippen molar-refractivity contribution in [1.29, 1.82) is 0 Å². The molecule has 0 saturated heterocycles. The zero-order chi connectivity index (χ0) is 13.9. The first-order chi connectivity index (χ1) is 9.81. The lowest BCUT2D eigenvalue weighted by Gasteiger charge is -2.07. The molecule has 3 rings (SSSR count). The lowest BCUT2D eigenvalue weighted by Crippen LogP contribution is -1.99. The van der Waals surface area contributed by atoms with E-state index in [-0.39, 0.29) is 0 Å². The maximum atomic E-state index is 5.37. The first-order valence-electron chi connectivity index (χ1n) is 6.31. The number of nitrogens with zero attached hydrogens (tertiary/aromatic N) is 3. The molecule has 0 aliphatic carbocycles. The predicted molar refractivity (Wildman–Crippen MR) is 75.3 cm³/mol. The topological polar surface area (TPSA) is 48.7 Å². The van der Waals surface area contributed by atoms with Crippen molar-refractivity contribution < 1.29 is 9.47 Å². The van der Waals surface area contributed by atoms with Gasteiger partial charge in [-0.25, -0.2) is 0 Å². The minimum Gasteiger partial charge on any atom is -0.496 e. The van der Waals surface area contributed by atoms with Gasteiger partial charge < -0.3 is 9.47 Å². The Labute approximate surface area is 116 Å². The van der Waals surface area contributed by atoms with Crippen molar-refractivity contribution in [2.45, 2.75) is 6.42 Å². The summed E-state index contributed by atoms with van der Waals surface area (Å²) in [6.07, 6.45) is 2.54. The third kappa shape index (κ3) is 2.18. The summed E-state index contributed by atoms with van der Waals surface area (Å²) in [4.78, 5) is 0. The van der Waals surface area contributed by atoms with Crippen LogP contribution in [0, 0.1) is 0 Å². The van der Waals surface area contributed by atoms with Crippen LogP contribution in [-0.4, -0.2) is 28.8 Å². The largest absolute Gasteiger partial charge is 0.496 e. The minimum absolute atomic E-state index is 0.651. The van der Waals surface area contributed by atoms with Crippen molar-refractivity contribution in [1.82, 2.24) is 14.6 Å². The second-order valence-electron chi connectivity index (χ2n) is 4.40. The highest BCUT2D eigenvalue weighted by Crippen LogP contribution is 2.21. The lowest BCUT2D eigenvalue weighted by atomic mass is 10.1. The van der Waals surface area contributed by atoms with Gasteiger partial charge in [-0.1, -0.05) is 18.2 Å². The highest BCUT2D eigenvalue weighted by atomic mass is 16.5. The molecule has 102 valence electrons. The molecule has 2 aromatic heterocycles. The van der Waals surface area contributed by atoms with Gasteiger partial charge in [-0.3, -0.25) is 4.40 Å². The number of pyridine rings is 1. The second kappa shape index (κ2) is 5.21. The minimum atomic E-state index is 0.651. The third-order valence-electron chi connectivity index (χ3n) is 3.22. The zero-order valence-electron chi connectivity index (χ0n) is 11.4. The number of benzene rings is 1. The van der Waals surface area contributed by atoms with E-state index in [2.05, 4.69) is 10.2 Å². The Morgan fingerprint density at radius 2 is 1.85 bits per heavy atom. The van der Waals surface area contributed by atoms with Gasteiger partial charge >= 0.3 is 0 Å². The van der Waals surface area contributed by atoms with E-state index >= 15 is 0 Å². The molecular weight excluding hydrogens is 254 g/mol. The molecule has 5 nitrogen and oxygen atoms in total. The molecule has 1 aromatic carbocycles. The second-order valence-corrected chi connectivity index (χ2v) is 4.40. The van der Waals surface area contributed by atoms with Gasteiger partial charge in [-0.15, -0.1) is 10.2 Å². The van der Waals surface area contributed by atoms with E-state index in [0.717, 1.165) is 28.5 Å². The van der Waals surface area contributed by atoms with Crippen LogP contribution in [0.3, 0.4) is 0 Å². The third-order valence-corrected chi connectivity index (χ3v) is 3.22. The van der Waals surface area contributed by atoms with Gasteiger partial charge in [0.25, 0.3) is 0 Å². The first-order valence-corrected chi connectivity index (χ1v) is 6.31. The molecule has 20 heavy (non-hydrogen) atoms. The number of fused-ring (bicyclic) bond motifs is 1. The molecule has 0 unspecified atom stereocenters. The molecular formula is C15H15N3O2. The summed E-state index contributed by atoms with van der Waals surface area (Å²) in [5.41, 5.74) is 1.88. The van der Waals surface area contributed by atoms with Crippen molar-refractivity contribution in [2.75, 3.05) is 14.2 Å². The molecule has 0 fully saturated rings. The van der Waals surface area contributed by atoms with E-state index < -0.39 is 0 Å². The molecule has 0 amide bonds. The number of hydrogen-bond acceptors (Lipinski definition) is 4. The average Bonchev–Trinajstić information content (AvgIpc) is 2.90. The maximum Gasteiger partial charge on any atom is 0.161 e. The van der Waals surface area contributed by atoms with Crippen molar-refractivity contribution in [2.24, 2.45) is 0 Å². The van der Waals surface area contributed by atoms with E-state index in [4.69, 9.17) is 9.47 Å². The smallest absolute Gasteiger partial charge is 0.161 e. The average molecular weight is 269 g/mol. The van der Waals surface area contributed by atoms with Crippen molar-refractivity contribution in [3.63, 3.8) is 0 Å². The fourth-order valence-corrected chi connectivity index (χ4v) is 2.18. The Kier molecular flexibility index (Phi) is 3.25. The van der Waals surface area contributed by atoms with E-state index in [1.165, 1.54) is 0 Å². The Hall–Kier alpha value is -2.56. The highest BCUT2D eigenvalue weighted by Gasteiger charge is 2.10. The van der Waals surface area contributed by atoms with Crippen LogP contribution >= 0.6 is 0 Å². The number of rotatable bonds is 4. The van der Waals surface area contributed by atoms with Crippen LogP contribution in [0.25, 0.3) is 5.65 Å². The monoisotopic (exact) mass is 269 g/mol. The van der Waals surface area contributed by atoms with E-state index in [1.54, 1.807) is 14.2 Å². The number of methoxy groups -OCH3 is 2. The number of aromatic nitrogens is 3. The fraction of sp³-hybridized carbons (Fsp3) is 0.200. The molecule has 0 radical (unpaired) electrons. The van der Waals surface area contributed by atoms with Gasteiger partial charge in [0.05, 0.1) is 20.4 Å². The number of hydrogen-bond donors (Lipinski definition) is 0. The highest BCUT2D eigenvalue weighted by molar-refractivity contribution is 5.43. The quantitative estimate of drug-likeness (QED) is 0.729. The fourth-order valence-electron chi connectivity index (χ4n) is 2.18. The molecule has 0 atom stereocenters. The van der Waals surface area contributed by atoms with Crippen molar-refractivity contribution in [3.05, 3.63) is 54.0 Å². The van der Waals surface area contributed by atoms with E-state index in [1.807, 2.05) is 47.0 Å². The Morgan fingerprint density at radius 1 is 1.00 bits per heavy atom. The Balaban J connectivity index is 2.02. The lowest BCUT2D eigenvalue weighted by molar-refractivity contribution is 0.409. The van der Waals surface area contributed by atoms with Gasteiger partial charge in [0.1, 0.15) is 17.3 Å². The standard InChI is InChI=1S/C15H15N3O2/c1-19-12-7-8-14-16-17-15(18(14)10-12)9-11-5-3-4-6-13(11)20-2/h3-8,10H,9H2,1-2H3. The van der Waals surface area contributed by atoms with E-state index in [9.17, 15) is 0 Å². The predicted octanol–water partition coefficient (Wildman–Crippen LogP) is 2.34. The Morgan fingerprint density at radius 3 is 2.65 bits per heavy atom. The van der Waals surface area contributed by atoms with Crippen LogP contribution in [0.2, 0.25) is 0 Å². The molecule has 0 N–H and O–H groups in total. The summed E-state index contributed by atoms with van der Waals surface area (Å²) in [6, 6.07) is 11.7. The van der Waals surface area contributed by atoms with Crippen LogP contribution in [-0.2, 0) is 6.42 Å². The zero-order valence-corrected chi connectivity index (χ0v) is 11.4. The van der Waals surface area contributed by atoms with Gasteiger partial charge in [0, 0.05) is 12.0 Å². The van der Waals surface area contributed by atoms with Gasteiger partial charge in [0.15, 0.2) is 5.65 Å². The van der Waals surface area contributed by atoms with E-state index in [0.29, 0.717) is 6.42 Å². The molecule has 0 saturated carbocycles. The van der Waals surface area contributed by atoms with Crippen LogP contribution in [0.5, 0.6) is 11.5 Å². The number of ether oxygens (including phenoxy) is 2. The molecule has 2 heterocycles. The Bertz CT molecular complexity index is 737. The van der Waals surface area contributed by atoms with Gasteiger partial charge in [-0.05, 0) is 18.2 Å². The van der Waals surface area contributed by atoms with Crippen LogP contribution in [0.15, 0.2) is 42.6 Å². The molecule has 5 heteroatoms. The first kappa shape index (κ1) is 12.5. The van der Waals surface area contributed by atoms with Crippen LogP contribution in [0.4, 0.5) is 0 Å². The molecule has 0 spiro atoms. The summed E-state index contributed by atoms with van der Waals surface area (Å²) < 4.78 is 12.5. The van der Waals surface area contributed by atoms with Gasteiger partial charge in [-0.2, -0.15) is 0 Å². The normalized spacial score (nSPS) is 10.7. The molecule has 0 aliphatic heterocycles. The van der Waals surface area contributed by atoms with Crippen molar-refractivity contribution in [3.8, 4) is 11.5 Å². The summed E-state index contributed by atoms with van der Waals surface area (Å²) in [7, 11) is 3.31. The molecule has 3 aromatic rings. The summed E-state index contributed by atoms with van der Waals surface area (Å²) in [5, 5.41) is 8.41. The summed E-state index contributed by atoms with van der Waals surface area (Å²) in [5.74, 6) is 2.48. The molecule has 0 bridgehead atoms. The number of para-hydroxylation sites is 1. The maximum absolute atomic E-state index is 5.37.